The molecule has 1 heterocycles. The van der Waals surface area contributed by atoms with E-state index in [1.165, 1.54) is 38.9 Å². The third kappa shape index (κ3) is 4.48. The lowest BCUT2D eigenvalue weighted by atomic mass is 9.72. The van der Waals surface area contributed by atoms with E-state index in [1.54, 1.807) is 0 Å². The third-order valence-corrected chi connectivity index (χ3v) is 9.64. The SMILES string of the molecule is C=C1c2c3c(c4c(c2C(=O)N1c1ccccc1)CCc1cc(Oc2ccccc2)ccc1-4)-c1ccc(Oc2ccccc2)cc1CC3. The van der Waals surface area contributed by atoms with Gasteiger partial charge in [-0.1, -0.05) is 73.3 Å². The predicted molar refractivity (Wildman–Crippen MR) is 187 cm³/mol. The molecule has 0 bridgehead atoms. The van der Waals surface area contributed by atoms with Crippen LogP contribution in [-0.2, 0) is 25.7 Å². The summed E-state index contributed by atoms with van der Waals surface area (Å²) in [6.45, 7) is 4.54. The van der Waals surface area contributed by atoms with Crippen molar-refractivity contribution >= 4 is 17.3 Å². The van der Waals surface area contributed by atoms with Crippen LogP contribution in [0.5, 0.6) is 23.0 Å². The number of ether oxygens (including phenoxy) is 2. The number of hydrogen-bond donors (Lipinski definition) is 0. The van der Waals surface area contributed by atoms with Gasteiger partial charge in [-0.3, -0.25) is 9.69 Å². The van der Waals surface area contributed by atoms with Gasteiger partial charge in [0.15, 0.2) is 0 Å². The maximum absolute atomic E-state index is 14.4. The van der Waals surface area contributed by atoms with Crippen LogP contribution in [0.25, 0.3) is 28.0 Å². The number of aryl methyl sites for hydroxylation is 2. The molecule has 2 aliphatic carbocycles. The van der Waals surface area contributed by atoms with Gasteiger partial charge in [0.25, 0.3) is 5.91 Å². The molecular formula is C43H31NO3. The largest absolute Gasteiger partial charge is 0.457 e. The molecule has 1 amide bonds. The fourth-order valence-electron chi connectivity index (χ4n) is 7.64. The van der Waals surface area contributed by atoms with Crippen LogP contribution in [0.4, 0.5) is 5.69 Å². The summed E-state index contributed by atoms with van der Waals surface area (Å²) in [7, 11) is 0. The van der Waals surface area contributed by atoms with Crippen molar-refractivity contribution in [3.05, 3.63) is 167 Å². The van der Waals surface area contributed by atoms with E-state index in [9.17, 15) is 4.79 Å². The summed E-state index contributed by atoms with van der Waals surface area (Å²) in [5.41, 5.74) is 13.0. The van der Waals surface area contributed by atoms with Crippen LogP contribution < -0.4 is 14.4 Å². The van der Waals surface area contributed by atoms with E-state index >= 15 is 0 Å². The van der Waals surface area contributed by atoms with E-state index in [1.807, 2.05) is 95.9 Å². The number of benzene rings is 6. The van der Waals surface area contributed by atoms with Gasteiger partial charge in [-0.05, 0) is 131 Å². The maximum atomic E-state index is 14.4. The van der Waals surface area contributed by atoms with Crippen molar-refractivity contribution in [3.8, 4) is 45.3 Å². The molecule has 0 unspecified atom stereocenters. The molecule has 0 saturated heterocycles. The lowest BCUT2D eigenvalue weighted by molar-refractivity contribution is 0.100. The van der Waals surface area contributed by atoms with Crippen molar-refractivity contribution in [2.75, 3.05) is 4.90 Å². The second-order valence-electron chi connectivity index (χ2n) is 12.3. The molecule has 4 nitrogen and oxygen atoms in total. The Morgan fingerprint density at radius 1 is 0.489 bits per heavy atom. The van der Waals surface area contributed by atoms with Gasteiger partial charge in [-0.15, -0.1) is 0 Å². The Morgan fingerprint density at radius 2 is 0.957 bits per heavy atom. The second kappa shape index (κ2) is 10.9. The highest BCUT2D eigenvalue weighted by atomic mass is 16.5. The lowest BCUT2D eigenvalue weighted by Gasteiger charge is -2.31. The molecule has 3 aliphatic rings. The van der Waals surface area contributed by atoms with Gasteiger partial charge in [0, 0.05) is 11.3 Å². The van der Waals surface area contributed by atoms with Crippen LogP contribution in [0.1, 0.15) is 38.2 Å². The highest BCUT2D eigenvalue weighted by molar-refractivity contribution is 6.25. The zero-order chi connectivity index (χ0) is 31.5. The number of fused-ring (bicyclic) bond motifs is 10. The fourth-order valence-corrected chi connectivity index (χ4v) is 7.64. The van der Waals surface area contributed by atoms with E-state index in [2.05, 4.69) is 43.0 Å². The summed E-state index contributed by atoms with van der Waals surface area (Å²) in [4.78, 5) is 16.2. The topological polar surface area (TPSA) is 38.8 Å². The number of amides is 1. The molecule has 6 aromatic rings. The number of rotatable bonds is 5. The summed E-state index contributed by atoms with van der Waals surface area (Å²) in [6, 6.07) is 42.5. The minimum absolute atomic E-state index is 0.0140. The number of carbonyl (C=O) groups excluding carboxylic acids is 1. The van der Waals surface area contributed by atoms with Crippen LogP contribution in [0.2, 0.25) is 0 Å². The van der Waals surface area contributed by atoms with Crippen molar-refractivity contribution in [2.24, 2.45) is 0 Å². The molecule has 0 spiro atoms. The first-order valence-corrected chi connectivity index (χ1v) is 16.2. The van der Waals surface area contributed by atoms with Crippen molar-refractivity contribution in [3.63, 3.8) is 0 Å². The van der Waals surface area contributed by atoms with Crippen molar-refractivity contribution in [2.45, 2.75) is 25.7 Å². The molecule has 1 aliphatic heterocycles. The Balaban J connectivity index is 1.23. The smallest absolute Gasteiger partial charge is 0.263 e. The highest BCUT2D eigenvalue weighted by Crippen LogP contribution is 2.53. The van der Waals surface area contributed by atoms with Gasteiger partial charge in [-0.25, -0.2) is 0 Å². The summed E-state index contributed by atoms with van der Waals surface area (Å²) >= 11 is 0. The molecule has 0 N–H and O–H groups in total. The van der Waals surface area contributed by atoms with Gasteiger partial charge < -0.3 is 9.47 Å². The van der Waals surface area contributed by atoms with Crippen LogP contribution in [0.15, 0.2) is 134 Å². The number of para-hydroxylation sites is 3. The molecule has 0 fully saturated rings. The zero-order valence-electron chi connectivity index (χ0n) is 25.8. The monoisotopic (exact) mass is 609 g/mol. The molecule has 0 radical (unpaired) electrons. The second-order valence-corrected chi connectivity index (χ2v) is 12.3. The first-order valence-electron chi connectivity index (χ1n) is 16.2. The minimum atomic E-state index is 0.0140. The van der Waals surface area contributed by atoms with E-state index < -0.39 is 0 Å². The number of nitrogens with zero attached hydrogens (tertiary/aromatic N) is 1. The van der Waals surface area contributed by atoms with Crippen LogP contribution >= 0.6 is 0 Å². The van der Waals surface area contributed by atoms with Gasteiger partial charge in [-0.2, -0.15) is 0 Å². The maximum Gasteiger partial charge on any atom is 0.263 e. The summed E-state index contributed by atoms with van der Waals surface area (Å²) < 4.78 is 12.5. The van der Waals surface area contributed by atoms with Crippen molar-refractivity contribution < 1.29 is 14.3 Å². The third-order valence-electron chi connectivity index (χ3n) is 9.64. The van der Waals surface area contributed by atoms with E-state index in [0.29, 0.717) is 0 Å². The van der Waals surface area contributed by atoms with Crippen molar-refractivity contribution in [1.82, 2.24) is 0 Å². The standard InChI is InChI=1S/C43H31NO3/c1-27-39-37-21-17-28-25-33(46-31-13-7-3-8-14-31)19-23-35(28)40(37)41-36-24-20-34(47-32-15-9-4-10-16-32)26-29(36)18-22-38(41)42(39)43(45)44(27)30-11-5-2-6-12-30/h2-16,19-20,23-26H,1,17-18,21-22H2. The fraction of sp³-hybridized carbons (Fsp3) is 0.0930. The molecule has 6 aromatic carbocycles. The normalized spacial score (nSPS) is 14.1. The quantitative estimate of drug-likeness (QED) is 0.195. The number of carbonyl (C=O) groups is 1. The molecule has 226 valence electrons. The average molecular weight is 610 g/mol. The Kier molecular flexibility index (Phi) is 6.36. The molecule has 9 rings (SSSR count). The summed E-state index contributed by atoms with van der Waals surface area (Å²) in [5, 5.41) is 0. The Bertz CT molecular complexity index is 2080. The summed E-state index contributed by atoms with van der Waals surface area (Å²) in [6.07, 6.45) is 3.25. The predicted octanol–water partition coefficient (Wildman–Crippen LogP) is 10.4. The van der Waals surface area contributed by atoms with E-state index in [-0.39, 0.29) is 5.91 Å². The lowest BCUT2D eigenvalue weighted by Crippen LogP contribution is -2.23. The van der Waals surface area contributed by atoms with Gasteiger partial charge in [0.05, 0.1) is 11.3 Å². The molecule has 0 saturated carbocycles. The van der Waals surface area contributed by atoms with Crippen LogP contribution in [0.3, 0.4) is 0 Å². The Morgan fingerprint density at radius 3 is 1.47 bits per heavy atom. The molecular weight excluding hydrogens is 578 g/mol. The minimum Gasteiger partial charge on any atom is -0.457 e. The number of hydrogen-bond acceptors (Lipinski definition) is 3. The van der Waals surface area contributed by atoms with Crippen LogP contribution in [0, 0.1) is 0 Å². The zero-order valence-corrected chi connectivity index (χ0v) is 25.8. The van der Waals surface area contributed by atoms with E-state index in [0.717, 1.165) is 76.8 Å². The van der Waals surface area contributed by atoms with Crippen LogP contribution in [-0.4, -0.2) is 5.91 Å². The summed E-state index contributed by atoms with van der Waals surface area (Å²) in [5.74, 6) is 3.28. The first-order chi connectivity index (χ1) is 23.1. The van der Waals surface area contributed by atoms with Crippen molar-refractivity contribution in [1.29, 1.82) is 0 Å². The molecule has 0 atom stereocenters. The Hall–Kier alpha value is -5.87. The molecule has 4 heteroatoms. The highest BCUT2D eigenvalue weighted by Gasteiger charge is 2.41. The van der Waals surface area contributed by atoms with E-state index in [4.69, 9.17) is 9.47 Å². The van der Waals surface area contributed by atoms with Gasteiger partial charge >= 0.3 is 0 Å². The van der Waals surface area contributed by atoms with Gasteiger partial charge in [0.1, 0.15) is 23.0 Å². The Labute approximate surface area is 274 Å². The molecule has 47 heavy (non-hydrogen) atoms. The molecule has 0 aromatic heterocycles. The first kappa shape index (κ1) is 27.4. The average Bonchev–Trinajstić information content (AvgIpc) is 3.38. The number of anilines is 1. The van der Waals surface area contributed by atoms with Gasteiger partial charge in [0.2, 0.25) is 0 Å².